The topological polar surface area (TPSA) is 117 Å². The van der Waals surface area contributed by atoms with Crippen molar-refractivity contribution in [3.05, 3.63) is 119 Å². The van der Waals surface area contributed by atoms with Gasteiger partial charge in [0.05, 0.1) is 30.0 Å². The number of carbonyl (C=O) groups excluding carboxylic acids is 2. The number of amides is 1. The van der Waals surface area contributed by atoms with Crippen molar-refractivity contribution in [3.8, 4) is 28.7 Å². The van der Waals surface area contributed by atoms with Crippen molar-refractivity contribution in [2.75, 3.05) is 7.11 Å². The minimum Gasteiger partial charge on any atom is -0.497 e. The Hall–Kier alpha value is -5.68. The molecule has 0 aliphatic carbocycles. The van der Waals surface area contributed by atoms with Gasteiger partial charge in [-0.15, -0.1) is 0 Å². The molecule has 0 unspecified atom stereocenters. The molecule has 2 N–H and O–H groups in total. The van der Waals surface area contributed by atoms with Crippen molar-refractivity contribution >= 4 is 29.0 Å². The lowest BCUT2D eigenvalue weighted by atomic mass is 10.0. The van der Waals surface area contributed by atoms with Crippen molar-refractivity contribution in [1.82, 2.24) is 10.4 Å². The molecule has 0 radical (unpaired) electrons. The maximum absolute atomic E-state index is 13.3. The number of aromatic amines is 1. The molecule has 0 aliphatic heterocycles. The summed E-state index contributed by atoms with van der Waals surface area (Å²) < 4.78 is 10.7. The van der Waals surface area contributed by atoms with Crippen molar-refractivity contribution in [2.24, 2.45) is 5.10 Å². The minimum absolute atomic E-state index is 0.273. The molecule has 1 aromatic heterocycles. The fourth-order valence-corrected chi connectivity index (χ4v) is 4.17. The number of carbonyl (C=O) groups is 2. The summed E-state index contributed by atoms with van der Waals surface area (Å²) >= 11 is 0. The van der Waals surface area contributed by atoms with Crippen molar-refractivity contribution in [2.45, 2.75) is 0 Å². The first-order valence-electron chi connectivity index (χ1n) is 12.0. The summed E-state index contributed by atoms with van der Waals surface area (Å²) in [6.45, 7) is 0. The third kappa shape index (κ3) is 5.24. The molecular weight excluding hydrogens is 492 g/mol. The Kier molecular flexibility index (Phi) is 7.15. The van der Waals surface area contributed by atoms with Gasteiger partial charge >= 0.3 is 5.97 Å². The number of hydrogen-bond donors (Lipinski definition) is 2. The van der Waals surface area contributed by atoms with Gasteiger partial charge in [0.2, 0.25) is 0 Å². The highest BCUT2D eigenvalue weighted by atomic mass is 16.5. The van der Waals surface area contributed by atoms with E-state index in [-0.39, 0.29) is 11.4 Å². The van der Waals surface area contributed by atoms with Gasteiger partial charge in [-0.25, -0.2) is 10.2 Å². The number of H-pyrrole nitrogens is 1. The molecule has 8 nitrogen and oxygen atoms in total. The number of nitrogens with zero attached hydrogens (tertiary/aromatic N) is 2. The van der Waals surface area contributed by atoms with Crippen LogP contribution in [0, 0.1) is 11.3 Å². The van der Waals surface area contributed by atoms with E-state index in [4.69, 9.17) is 9.47 Å². The van der Waals surface area contributed by atoms with Crippen LogP contribution < -0.4 is 14.9 Å². The predicted octanol–water partition coefficient (Wildman–Crippen LogP) is 5.70. The number of hydrogen-bond acceptors (Lipinski definition) is 6. The first-order valence-corrected chi connectivity index (χ1v) is 12.0. The summed E-state index contributed by atoms with van der Waals surface area (Å²) in [5.41, 5.74) is 6.17. The van der Waals surface area contributed by atoms with Crippen molar-refractivity contribution in [3.63, 3.8) is 0 Å². The molecule has 4 aromatic carbocycles. The molecule has 0 saturated carbocycles. The van der Waals surface area contributed by atoms with Crippen LogP contribution in [0.4, 0.5) is 0 Å². The third-order valence-corrected chi connectivity index (χ3v) is 6.06. The molecule has 0 atom stereocenters. The molecule has 0 spiro atoms. The Labute approximate surface area is 224 Å². The second kappa shape index (κ2) is 11.2. The number of nitriles is 1. The zero-order valence-electron chi connectivity index (χ0n) is 20.8. The summed E-state index contributed by atoms with van der Waals surface area (Å²) in [5, 5.41) is 14.4. The second-order valence-corrected chi connectivity index (χ2v) is 8.44. The number of fused-ring (bicyclic) bond motifs is 1. The number of methoxy groups -OCH3 is 1. The fourth-order valence-electron chi connectivity index (χ4n) is 4.17. The Morgan fingerprint density at radius 2 is 1.67 bits per heavy atom. The van der Waals surface area contributed by atoms with E-state index in [0.717, 1.165) is 10.9 Å². The first kappa shape index (κ1) is 25.0. The number of para-hydroxylation sites is 2. The van der Waals surface area contributed by atoms with E-state index >= 15 is 0 Å². The third-order valence-electron chi connectivity index (χ3n) is 6.06. The summed E-state index contributed by atoms with van der Waals surface area (Å²) in [4.78, 5) is 29.0. The van der Waals surface area contributed by atoms with E-state index in [1.54, 1.807) is 67.8 Å². The lowest BCUT2D eigenvalue weighted by Crippen LogP contribution is -2.19. The molecule has 0 saturated heterocycles. The predicted molar refractivity (Wildman–Crippen MR) is 148 cm³/mol. The van der Waals surface area contributed by atoms with Crippen LogP contribution in [0.25, 0.3) is 22.0 Å². The largest absolute Gasteiger partial charge is 0.497 e. The van der Waals surface area contributed by atoms with Crippen LogP contribution in [-0.4, -0.2) is 30.2 Å². The van der Waals surface area contributed by atoms with E-state index in [1.807, 2.05) is 36.4 Å². The van der Waals surface area contributed by atoms with Crippen LogP contribution in [0.5, 0.6) is 11.5 Å². The average molecular weight is 515 g/mol. The first-order chi connectivity index (χ1) is 19.1. The van der Waals surface area contributed by atoms with Gasteiger partial charge < -0.3 is 14.5 Å². The number of benzene rings is 4. The Balaban J connectivity index is 1.39. The monoisotopic (exact) mass is 514 g/mol. The highest BCUT2D eigenvalue weighted by Gasteiger charge is 2.20. The highest BCUT2D eigenvalue weighted by molar-refractivity contribution is 6.10. The normalized spacial score (nSPS) is 10.8. The van der Waals surface area contributed by atoms with Crippen LogP contribution >= 0.6 is 0 Å². The number of hydrazone groups is 1. The fraction of sp³-hybridized carbons (Fsp3) is 0.0323. The van der Waals surface area contributed by atoms with E-state index in [2.05, 4.69) is 21.6 Å². The molecule has 39 heavy (non-hydrogen) atoms. The summed E-state index contributed by atoms with van der Waals surface area (Å²) in [6, 6.07) is 30.4. The molecule has 0 bridgehead atoms. The van der Waals surface area contributed by atoms with E-state index in [1.165, 1.54) is 6.21 Å². The second-order valence-electron chi connectivity index (χ2n) is 8.44. The Morgan fingerprint density at radius 3 is 2.41 bits per heavy atom. The van der Waals surface area contributed by atoms with Gasteiger partial charge in [0, 0.05) is 16.5 Å². The maximum atomic E-state index is 13.3. The highest BCUT2D eigenvalue weighted by Crippen LogP contribution is 2.34. The van der Waals surface area contributed by atoms with E-state index in [0.29, 0.717) is 33.5 Å². The van der Waals surface area contributed by atoms with Gasteiger partial charge in [0.15, 0.2) is 0 Å². The lowest BCUT2D eigenvalue weighted by molar-refractivity contribution is 0.0734. The summed E-state index contributed by atoms with van der Waals surface area (Å²) in [5.74, 6) is -0.117. The van der Waals surface area contributed by atoms with Gasteiger partial charge in [-0.05, 0) is 48.0 Å². The zero-order valence-corrected chi connectivity index (χ0v) is 20.8. The average Bonchev–Trinajstić information content (AvgIpc) is 3.38. The van der Waals surface area contributed by atoms with Gasteiger partial charge in [0.25, 0.3) is 5.91 Å². The van der Waals surface area contributed by atoms with Gasteiger partial charge in [-0.2, -0.15) is 10.4 Å². The number of rotatable bonds is 7. The van der Waals surface area contributed by atoms with Crippen LogP contribution in [0.3, 0.4) is 0 Å². The molecule has 0 fully saturated rings. The van der Waals surface area contributed by atoms with E-state index < -0.39 is 11.9 Å². The molecule has 8 heteroatoms. The van der Waals surface area contributed by atoms with Crippen LogP contribution in [0.1, 0.15) is 32.0 Å². The summed E-state index contributed by atoms with van der Waals surface area (Å²) in [6.07, 6.45) is 1.40. The number of aromatic nitrogens is 1. The molecule has 5 rings (SSSR count). The van der Waals surface area contributed by atoms with Crippen LogP contribution in [0.2, 0.25) is 0 Å². The molecule has 1 amide bonds. The molecule has 1 heterocycles. The molecule has 190 valence electrons. The Bertz CT molecular complexity index is 1730. The van der Waals surface area contributed by atoms with Gasteiger partial charge in [0.1, 0.15) is 23.3 Å². The summed E-state index contributed by atoms with van der Waals surface area (Å²) in [7, 11) is 1.55. The standard InChI is InChI=1S/C31H22N4O4/c1-38-24-16-14-21(15-17-24)31(37)39-26-13-6-5-10-23(26)19-33-35-30(36)29-27(20-8-3-2-4-9-20)25-12-7-11-22(18-32)28(25)34-29/h2-17,19,34H,1H3,(H,35,36). The zero-order chi connectivity index (χ0) is 27.2. The number of nitrogens with one attached hydrogen (secondary N) is 2. The minimum atomic E-state index is -0.540. The van der Waals surface area contributed by atoms with Crippen molar-refractivity contribution < 1.29 is 19.1 Å². The van der Waals surface area contributed by atoms with Crippen LogP contribution in [0.15, 0.2) is 102 Å². The lowest BCUT2D eigenvalue weighted by Gasteiger charge is -2.08. The molecule has 0 aliphatic rings. The Morgan fingerprint density at radius 1 is 0.923 bits per heavy atom. The van der Waals surface area contributed by atoms with Gasteiger partial charge in [-0.1, -0.05) is 54.6 Å². The smallest absolute Gasteiger partial charge is 0.343 e. The van der Waals surface area contributed by atoms with Crippen LogP contribution in [-0.2, 0) is 0 Å². The van der Waals surface area contributed by atoms with Gasteiger partial charge in [-0.3, -0.25) is 4.79 Å². The molecular formula is C31H22N4O4. The number of esters is 1. The quantitative estimate of drug-likeness (QED) is 0.125. The maximum Gasteiger partial charge on any atom is 0.343 e. The SMILES string of the molecule is COc1ccc(C(=O)Oc2ccccc2C=NNC(=O)c2[nH]c3c(C#N)cccc3c2-c2ccccc2)cc1. The molecule has 5 aromatic rings. The van der Waals surface area contributed by atoms with E-state index in [9.17, 15) is 14.9 Å². The number of ether oxygens (including phenoxy) is 2. The van der Waals surface area contributed by atoms with Crippen molar-refractivity contribution in [1.29, 1.82) is 5.26 Å².